The van der Waals surface area contributed by atoms with E-state index in [1.54, 1.807) is 32.1 Å². The van der Waals surface area contributed by atoms with Gasteiger partial charge >= 0.3 is 13.8 Å². The van der Waals surface area contributed by atoms with Crippen molar-refractivity contribution >= 4 is 13.5 Å². The summed E-state index contributed by atoms with van der Waals surface area (Å²) in [6.45, 7) is 4.83. The average molecular weight is 657 g/mol. The van der Waals surface area contributed by atoms with Crippen LogP contribution in [0.3, 0.4) is 0 Å². The topological polar surface area (TPSA) is 96.0 Å². The monoisotopic (exact) mass is 656 g/mol. The van der Waals surface area contributed by atoms with Crippen molar-refractivity contribution in [2.75, 3.05) is 19.8 Å². The summed E-state index contributed by atoms with van der Waals surface area (Å²) in [5.74, 6) is 2.02. The Bertz CT molecular complexity index is 1180. The zero-order chi connectivity index (χ0) is 33.0. The molecule has 0 spiro atoms. The van der Waals surface area contributed by atoms with Gasteiger partial charge in [0.25, 0.3) is 0 Å². The Morgan fingerprint density at radius 1 is 0.933 bits per heavy atom. The van der Waals surface area contributed by atoms with Crippen LogP contribution in [0.1, 0.15) is 89.8 Å². The Hall–Kier alpha value is -2.88. The van der Waals surface area contributed by atoms with Crippen LogP contribution in [0.2, 0.25) is 0 Å². The van der Waals surface area contributed by atoms with E-state index in [4.69, 9.17) is 18.5 Å². The van der Waals surface area contributed by atoms with Gasteiger partial charge in [0, 0.05) is 30.5 Å². The van der Waals surface area contributed by atoms with Crippen LogP contribution >= 0.6 is 7.60 Å². The molecule has 0 saturated carbocycles. The van der Waals surface area contributed by atoms with Gasteiger partial charge < -0.3 is 23.8 Å². The molecular weight excluding hydrogens is 608 g/mol. The van der Waals surface area contributed by atoms with E-state index in [-0.39, 0.29) is 37.5 Å². The van der Waals surface area contributed by atoms with Crippen LogP contribution in [0.15, 0.2) is 54.5 Å². The average Bonchev–Trinajstić information content (AvgIpc) is 3.00. The Kier molecular flexibility index (Phi) is 17.9. The molecule has 1 heterocycles. The van der Waals surface area contributed by atoms with Crippen molar-refractivity contribution in [3.05, 3.63) is 65.7 Å². The maximum Gasteiger partial charge on any atom is 0.422 e. The van der Waals surface area contributed by atoms with Gasteiger partial charge in [-0.3, -0.25) is 14.3 Å². The highest BCUT2D eigenvalue weighted by molar-refractivity contribution is 7.57. The molecule has 0 aliphatic heterocycles. The minimum Gasteiger partial charge on any atom is -0.487 e. The quantitative estimate of drug-likeness (QED) is 0.0943. The Labute approximate surface area is 265 Å². The number of aromatic nitrogens is 1. The van der Waals surface area contributed by atoms with Gasteiger partial charge in [0.05, 0.1) is 18.9 Å². The smallest absolute Gasteiger partial charge is 0.422 e. The van der Waals surface area contributed by atoms with Gasteiger partial charge in [-0.25, -0.2) is 0 Å². The molecule has 1 atom stereocenters. The lowest BCUT2D eigenvalue weighted by molar-refractivity contribution is -0.153. The standard InChI is InChI=1S/C33H48F3N2O6P/c1-4-7-8-9-10-11-12-13-32(39)38-28(21-23-45(40,43-5-2)44-6-3)17-14-27-15-18-30(19-16-27)41-25-29-24-31(20-22-37-29)42-26-33(34,35)36/h15-16,18-24,28H,4-14,17,25-26H2,1-3H3,(H,38,39)/b23-21+/t28-/m1/s1. The minimum atomic E-state index is -4.42. The van der Waals surface area contributed by atoms with Crippen molar-refractivity contribution in [1.29, 1.82) is 0 Å². The number of hydrogen-bond acceptors (Lipinski definition) is 7. The number of carbonyl (C=O) groups is 1. The zero-order valence-corrected chi connectivity index (χ0v) is 27.5. The van der Waals surface area contributed by atoms with E-state index in [1.165, 1.54) is 49.8 Å². The number of nitrogens with zero attached hydrogens (tertiary/aromatic N) is 1. The van der Waals surface area contributed by atoms with Crippen molar-refractivity contribution in [2.45, 2.75) is 104 Å². The number of halogens is 3. The minimum absolute atomic E-state index is 0.0499. The fraction of sp³-hybridized carbons (Fsp3) is 0.576. The number of ether oxygens (including phenoxy) is 2. The SMILES string of the molecule is CCCCCCCCCC(=O)N[C@@H](/C=C/P(=O)(OCC)OCC)CCc1ccc(OCc2cc(OCC(F)(F)F)ccn2)cc1. The van der Waals surface area contributed by atoms with E-state index in [2.05, 4.69) is 17.2 Å². The van der Waals surface area contributed by atoms with Crippen LogP contribution in [0.5, 0.6) is 11.5 Å². The van der Waals surface area contributed by atoms with Crippen LogP contribution in [0.4, 0.5) is 13.2 Å². The van der Waals surface area contributed by atoms with E-state index in [9.17, 15) is 22.5 Å². The third kappa shape index (κ3) is 17.4. The molecule has 0 unspecified atom stereocenters. The number of benzene rings is 1. The summed E-state index contributed by atoms with van der Waals surface area (Å²) in [5.41, 5.74) is 1.43. The van der Waals surface area contributed by atoms with E-state index < -0.39 is 20.4 Å². The van der Waals surface area contributed by atoms with Crippen molar-refractivity contribution < 1.29 is 41.1 Å². The first-order valence-corrected chi connectivity index (χ1v) is 17.4. The third-order valence-electron chi connectivity index (χ3n) is 6.72. The maximum absolute atomic E-state index is 13.0. The Balaban J connectivity index is 1.94. The van der Waals surface area contributed by atoms with Gasteiger partial charge in [0.15, 0.2) is 6.61 Å². The number of alkyl halides is 3. The van der Waals surface area contributed by atoms with Crippen molar-refractivity contribution in [3.8, 4) is 11.5 Å². The van der Waals surface area contributed by atoms with Crippen molar-refractivity contribution in [2.24, 2.45) is 0 Å². The fourth-order valence-electron chi connectivity index (χ4n) is 4.45. The Morgan fingerprint density at radius 2 is 1.60 bits per heavy atom. The van der Waals surface area contributed by atoms with Crippen molar-refractivity contribution in [1.82, 2.24) is 10.3 Å². The molecule has 0 aliphatic carbocycles. The number of rotatable bonds is 23. The molecule has 0 bridgehead atoms. The second kappa shape index (κ2) is 21.0. The second-order valence-corrected chi connectivity index (χ2v) is 12.5. The highest BCUT2D eigenvalue weighted by Crippen LogP contribution is 2.49. The highest BCUT2D eigenvalue weighted by atomic mass is 31.2. The summed E-state index contributed by atoms with van der Waals surface area (Å²) in [5, 5.41) is 3.06. The van der Waals surface area contributed by atoms with Crippen LogP contribution in [0.25, 0.3) is 0 Å². The predicted molar refractivity (Wildman–Crippen MR) is 169 cm³/mol. The second-order valence-electron chi connectivity index (χ2n) is 10.6. The molecule has 0 aliphatic rings. The number of pyridine rings is 1. The van der Waals surface area contributed by atoms with Gasteiger partial charge in [-0.15, -0.1) is 0 Å². The molecule has 45 heavy (non-hydrogen) atoms. The first kappa shape index (κ1) is 38.3. The number of nitrogens with one attached hydrogen (secondary N) is 1. The van der Waals surface area contributed by atoms with Gasteiger partial charge in [-0.2, -0.15) is 13.2 Å². The highest BCUT2D eigenvalue weighted by Gasteiger charge is 2.28. The van der Waals surface area contributed by atoms with Crippen LogP contribution in [0, 0.1) is 0 Å². The lowest BCUT2D eigenvalue weighted by Gasteiger charge is -2.18. The largest absolute Gasteiger partial charge is 0.487 e. The molecule has 1 N–H and O–H groups in total. The molecular formula is C33H48F3N2O6P. The first-order chi connectivity index (χ1) is 21.6. The number of amides is 1. The molecule has 8 nitrogen and oxygen atoms in total. The summed E-state index contributed by atoms with van der Waals surface area (Å²) in [4.78, 5) is 16.9. The molecule has 12 heteroatoms. The number of carbonyl (C=O) groups excluding carboxylic acids is 1. The molecule has 0 fully saturated rings. The molecule has 252 valence electrons. The normalized spacial score (nSPS) is 12.8. The van der Waals surface area contributed by atoms with E-state index in [1.807, 2.05) is 12.1 Å². The molecule has 1 aromatic carbocycles. The Morgan fingerprint density at radius 3 is 2.24 bits per heavy atom. The molecule has 2 aromatic rings. The van der Waals surface area contributed by atoms with Gasteiger partial charge in [0.2, 0.25) is 5.91 Å². The number of unbranched alkanes of at least 4 members (excludes halogenated alkanes) is 6. The van der Waals surface area contributed by atoms with Crippen LogP contribution in [-0.2, 0) is 31.4 Å². The van der Waals surface area contributed by atoms with Crippen molar-refractivity contribution in [3.63, 3.8) is 0 Å². The summed E-state index contributed by atoms with van der Waals surface area (Å²) >= 11 is 0. The third-order valence-corrected chi connectivity index (χ3v) is 8.49. The summed E-state index contributed by atoms with van der Waals surface area (Å²) in [6, 6.07) is 9.78. The summed E-state index contributed by atoms with van der Waals surface area (Å²) in [6.07, 6.45) is 8.12. The van der Waals surface area contributed by atoms with Crippen LogP contribution < -0.4 is 14.8 Å². The predicted octanol–water partition coefficient (Wildman–Crippen LogP) is 8.94. The summed E-state index contributed by atoms with van der Waals surface area (Å²) in [7, 11) is -3.42. The van der Waals surface area contributed by atoms with E-state index >= 15 is 0 Å². The maximum atomic E-state index is 13.0. The van der Waals surface area contributed by atoms with Gasteiger partial charge in [-0.1, -0.05) is 63.7 Å². The van der Waals surface area contributed by atoms with Gasteiger partial charge in [0.1, 0.15) is 18.1 Å². The summed E-state index contributed by atoms with van der Waals surface area (Å²) < 4.78 is 71.5. The number of aryl methyl sites for hydroxylation is 1. The first-order valence-electron chi connectivity index (χ1n) is 15.8. The molecule has 2 rings (SSSR count). The lowest BCUT2D eigenvalue weighted by atomic mass is 10.0. The van der Waals surface area contributed by atoms with Crippen LogP contribution in [-0.4, -0.2) is 42.9 Å². The molecule has 0 saturated heterocycles. The fourth-order valence-corrected chi connectivity index (χ4v) is 5.84. The molecule has 1 amide bonds. The van der Waals surface area contributed by atoms with E-state index in [0.717, 1.165) is 24.8 Å². The zero-order valence-electron chi connectivity index (χ0n) is 26.7. The number of hydrogen-bond donors (Lipinski definition) is 1. The lowest BCUT2D eigenvalue weighted by Crippen LogP contribution is -2.33. The van der Waals surface area contributed by atoms with Gasteiger partial charge in [-0.05, 0) is 56.9 Å². The van der Waals surface area contributed by atoms with E-state index in [0.29, 0.717) is 30.7 Å². The molecule has 1 aromatic heterocycles. The molecule has 0 radical (unpaired) electrons.